The average molecular weight is 478 g/mol. The lowest BCUT2D eigenvalue weighted by atomic mass is 9.83. The average Bonchev–Trinajstić information content (AvgIpc) is 3.28. The van der Waals surface area contributed by atoms with Gasteiger partial charge in [0.2, 0.25) is 5.91 Å². The van der Waals surface area contributed by atoms with E-state index in [4.69, 9.17) is 0 Å². The zero-order valence-electron chi connectivity index (χ0n) is 19.4. The second-order valence-electron chi connectivity index (χ2n) is 8.82. The highest BCUT2D eigenvalue weighted by Gasteiger charge is 2.22. The Morgan fingerprint density at radius 3 is 2.62 bits per heavy atom. The van der Waals surface area contributed by atoms with E-state index in [1.807, 2.05) is 25.2 Å². The third kappa shape index (κ3) is 6.70. The summed E-state index contributed by atoms with van der Waals surface area (Å²) in [6.45, 7) is 0. The summed E-state index contributed by atoms with van der Waals surface area (Å²) in [4.78, 5) is 25.6. The van der Waals surface area contributed by atoms with Gasteiger partial charge in [-0.2, -0.15) is 0 Å². The Balaban J connectivity index is 1.39. The van der Waals surface area contributed by atoms with Crippen molar-refractivity contribution >= 4 is 29.3 Å². The van der Waals surface area contributed by atoms with Gasteiger partial charge in [0.25, 0.3) is 5.91 Å². The topological polar surface area (TPSA) is 88.9 Å². The zero-order chi connectivity index (χ0) is 23.8. The van der Waals surface area contributed by atoms with Crippen molar-refractivity contribution in [3.05, 3.63) is 72.1 Å². The number of aryl methyl sites for hydroxylation is 1. The number of carbonyl (C=O) groups excluding carboxylic acids is 2. The SMILES string of the molecule is Cn1cnnc1SCC(=O)Nc1cccc(C(=O)NC(CC2CCCCC2)c2ccccc2)c1. The van der Waals surface area contributed by atoms with Gasteiger partial charge in [-0.25, -0.2) is 0 Å². The van der Waals surface area contributed by atoms with Crippen LogP contribution in [0.15, 0.2) is 66.1 Å². The zero-order valence-corrected chi connectivity index (χ0v) is 20.3. The predicted octanol–water partition coefficient (Wildman–Crippen LogP) is 4.99. The molecule has 2 amide bonds. The van der Waals surface area contributed by atoms with Crippen LogP contribution in [0.2, 0.25) is 0 Å². The molecule has 1 aliphatic rings. The maximum Gasteiger partial charge on any atom is 0.251 e. The van der Waals surface area contributed by atoms with Crippen molar-refractivity contribution in [3.63, 3.8) is 0 Å². The van der Waals surface area contributed by atoms with E-state index in [0.717, 1.165) is 12.0 Å². The molecule has 0 saturated heterocycles. The van der Waals surface area contributed by atoms with Gasteiger partial charge < -0.3 is 15.2 Å². The van der Waals surface area contributed by atoms with E-state index in [-0.39, 0.29) is 23.6 Å². The van der Waals surface area contributed by atoms with Crippen LogP contribution in [0, 0.1) is 5.92 Å². The van der Waals surface area contributed by atoms with Gasteiger partial charge in [-0.15, -0.1) is 10.2 Å². The van der Waals surface area contributed by atoms with Gasteiger partial charge in [-0.05, 0) is 36.1 Å². The second-order valence-corrected chi connectivity index (χ2v) is 9.76. The van der Waals surface area contributed by atoms with Crippen LogP contribution in [0.3, 0.4) is 0 Å². The Labute approximate surface area is 204 Å². The largest absolute Gasteiger partial charge is 0.345 e. The molecule has 1 aromatic heterocycles. The van der Waals surface area contributed by atoms with Gasteiger partial charge >= 0.3 is 0 Å². The van der Waals surface area contributed by atoms with E-state index < -0.39 is 0 Å². The number of nitrogens with one attached hydrogen (secondary N) is 2. The number of anilines is 1. The number of benzene rings is 2. The molecule has 2 N–H and O–H groups in total. The van der Waals surface area contributed by atoms with Crippen LogP contribution in [0.1, 0.15) is 60.5 Å². The Kier molecular flexibility index (Phi) is 8.36. The summed E-state index contributed by atoms with van der Waals surface area (Å²) in [7, 11) is 1.83. The molecule has 0 spiro atoms. The molecule has 0 radical (unpaired) electrons. The summed E-state index contributed by atoms with van der Waals surface area (Å²) >= 11 is 1.31. The number of nitrogens with zero attached hydrogens (tertiary/aromatic N) is 3. The highest BCUT2D eigenvalue weighted by Crippen LogP contribution is 2.32. The lowest BCUT2D eigenvalue weighted by Gasteiger charge is -2.27. The Morgan fingerprint density at radius 2 is 1.88 bits per heavy atom. The molecule has 1 aliphatic carbocycles. The van der Waals surface area contributed by atoms with Gasteiger partial charge in [-0.3, -0.25) is 9.59 Å². The first kappa shape index (κ1) is 24.0. The summed E-state index contributed by atoms with van der Waals surface area (Å²) in [6.07, 6.45) is 8.87. The molecule has 4 rings (SSSR count). The molecule has 0 aliphatic heterocycles. The first-order valence-corrected chi connectivity index (χ1v) is 12.8. The van der Waals surface area contributed by atoms with Crippen LogP contribution in [0.4, 0.5) is 5.69 Å². The molecule has 1 unspecified atom stereocenters. The summed E-state index contributed by atoms with van der Waals surface area (Å²) in [5.74, 6) is 0.552. The van der Waals surface area contributed by atoms with Crippen molar-refractivity contribution < 1.29 is 9.59 Å². The first-order valence-electron chi connectivity index (χ1n) is 11.8. The van der Waals surface area contributed by atoms with Crippen molar-refractivity contribution in [2.75, 3.05) is 11.1 Å². The van der Waals surface area contributed by atoms with Crippen molar-refractivity contribution in [1.29, 1.82) is 0 Å². The summed E-state index contributed by atoms with van der Waals surface area (Å²) in [5.41, 5.74) is 2.26. The van der Waals surface area contributed by atoms with Crippen LogP contribution in [0.5, 0.6) is 0 Å². The number of hydrogen-bond donors (Lipinski definition) is 2. The van der Waals surface area contributed by atoms with Gasteiger partial charge in [0, 0.05) is 18.3 Å². The van der Waals surface area contributed by atoms with Gasteiger partial charge in [0.15, 0.2) is 5.16 Å². The molecule has 8 heteroatoms. The predicted molar refractivity (Wildman–Crippen MR) is 135 cm³/mol. The lowest BCUT2D eigenvalue weighted by Crippen LogP contribution is -2.30. The first-order chi connectivity index (χ1) is 16.6. The maximum absolute atomic E-state index is 13.2. The number of thioether (sulfide) groups is 1. The molecule has 1 fully saturated rings. The van der Waals surface area contributed by atoms with Crippen molar-refractivity contribution in [1.82, 2.24) is 20.1 Å². The van der Waals surface area contributed by atoms with Crippen molar-refractivity contribution in [3.8, 4) is 0 Å². The lowest BCUT2D eigenvalue weighted by molar-refractivity contribution is -0.113. The molecule has 3 aromatic rings. The third-order valence-corrected chi connectivity index (χ3v) is 7.25. The highest BCUT2D eigenvalue weighted by atomic mass is 32.2. The minimum absolute atomic E-state index is 0.0298. The molecule has 178 valence electrons. The quantitative estimate of drug-likeness (QED) is 0.424. The van der Waals surface area contributed by atoms with Gasteiger partial charge in [0.05, 0.1) is 11.8 Å². The molecular formula is C26H31N5O2S. The normalized spacial score (nSPS) is 15.0. The van der Waals surface area contributed by atoms with Crippen LogP contribution >= 0.6 is 11.8 Å². The Bertz CT molecular complexity index is 1100. The minimum atomic E-state index is -0.162. The fourth-order valence-corrected chi connectivity index (χ4v) is 5.12. The number of hydrogen-bond acceptors (Lipinski definition) is 5. The fraction of sp³-hybridized carbons (Fsp3) is 0.385. The molecule has 0 bridgehead atoms. The monoisotopic (exact) mass is 477 g/mol. The summed E-state index contributed by atoms with van der Waals surface area (Å²) in [6, 6.07) is 17.3. The standard InChI is InChI=1S/C26H31N5O2S/c1-31-18-27-30-26(31)34-17-24(32)28-22-14-8-13-21(16-22)25(33)29-23(20-11-6-3-7-12-20)15-19-9-4-2-5-10-19/h3,6-8,11-14,16,18-19,23H,2,4-5,9-10,15,17H2,1H3,(H,28,32)(H,29,33). The number of carbonyl (C=O) groups is 2. The van der Waals surface area contributed by atoms with Crippen LogP contribution in [-0.2, 0) is 11.8 Å². The van der Waals surface area contributed by atoms with E-state index in [1.54, 1.807) is 35.2 Å². The van der Waals surface area contributed by atoms with Gasteiger partial charge in [-0.1, -0.05) is 80.3 Å². The van der Waals surface area contributed by atoms with Crippen LogP contribution in [-0.4, -0.2) is 32.3 Å². The number of aromatic nitrogens is 3. The fourth-order valence-electron chi connectivity index (χ4n) is 4.43. The highest BCUT2D eigenvalue weighted by molar-refractivity contribution is 7.99. The maximum atomic E-state index is 13.2. The molecule has 1 heterocycles. The smallest absolute Gasteiger partial charge is 0.251 e. The van der Waals surface area contributed by atoms with Crippen LogP contribution in [0.25, 0.3) is 0 Å². The van der Waals surface area contributed by atoms with E-state index in [1.165, 1.54) is 43.9 Å². The number of amides is 2. The van der Waals surface area contributed by atoms with E-state index in [9.17, 15) is 9.59 Å². The molecule has 7 nitrogen and oxygen atoms in total. The van der Waals surface area contributed by atoms with Crippen LogP contribution < -0.4 is 10.6 Å². The van der Waals surface area contributed by atoms with Gasteiger partial charge in [0.1, 0.15) is 6.33 Å². The van der Waals surface area contributed by atoms with E-state index in [2.05, 4.69) is 33.0 Å². The molecule has 1 saturated carbocycles. The minimum Gasteiger partial charge on any atom is -0.345 e. The Hall–Kier alpha value is -3.13. The van der Waals surface area contributed by atoms with E-state index >= 15 is 0 Å². The molecule has 34 heavy (non-hydrogen) atoms. The summed E-state index contributed by atoms with van der Waals surface area (Å²) in [5, 5.41) is 14.6. The molecule has 1 atom stereocenters. The van der Waals surface area contributed by atoms with E-state index in [0.29, 0.717) is 22.3 Å². The second kappa shape index (κ2) is 11.8. The molecule has 2 aromatic carbocycles. The number of rotatable bonds is 9. The molecular weight excluding hydrogens is 446 g/mol. The third-order valence-electron chi connectivity index (χ3n) is 6.21. The Morgan fingerprint density at radius 1 is 1.09 bits per heavy atom. The summed E-state index contributed by atoms with van der Waals surface area (Å²) < 4.78 is 1.76. The van der Waals surface area contributed by atoms with Crippen molar-refractivity contribution in [2.45, 2.75) is 49.7 Å². The van der Waals surface area contributed by atoms with Crippen molar-refractivity contribution in [2.24, 2.45) is 13.0 Å².